The van der Waals surface area contributed by atoms with Gasteiger partial charge in [0, 0.05) is 17.7 Å². The van der Waals surface area contributed by atoms with Gasteiger partial charge in [-0.05, 0) is 121 Å². The lowest BCUT2D eigenvalue weighted by Crippen LogP contribution is -1.84. The molecule has 0 heterocycles. The number of phenolic OH excluding ortho intramolecular Hbond substituents is 2. The topological polar surface area (TPSA) is 102 Å². The highest BCUT2D eigenvalue weighted by atomic mass is 16.3. The number of fused-ring (bicyclic) bond motifs is 2. The van der Waals surface area contributed by atoms with Gasteiger partial charge in [0.1, 0.15) is 17.1 Å². The lowest BCUT2D eigenvalue weighted by atomic mass is 10.0. The Hall–Kier alpha value is -5.69. The summed E-state index contributed by atoms with van der Waals surface area (Å²) < 4.78 is 0. The fraction of sp³-hybridized carbons (Fsp3) is 0.132. The highest BCUT2D eigenvalue weighted by Gasteiger charge is 2.11. The van der Waals surface area contributed by atoms with Crippen LogP contribution in [0.15, 0.2) is 116 Å². The molecular weight excluding hydrogens is 558 g/mol. The highest BCUT2D eigenvalue weighted by Crippen LogP contribution is 2.40. The molecule has 0 bridgehead atoms. The van der Waals surface area contributed by atoms with Crippen LogP contribution in [0.5, 0.6) is 11.5 Å². The van der Waals surface area contributed by atoms with Gasteiger partial charge in [0.05, 0.1) is 17.1 Å². The average Bonchev–Trinajstić information content (AvgIpc) is 3.00. The van der Waals surface area contributed by atoms with Crippen molar-refractivity contribution in [3.05, 3.63) is 124 Å². The summed E-state index contributed by atoms with van der Waals surface area (Å²) in [6.07, 6.45) is 1.73. The second-order valence-electron chi connectivity index (χ2n) is 11.4. The van der Waals surface area contributed by atoms with Gasteiger partial charge in [0.25, 0.3) is 0 Å². The Morgan fingerprint density at radius 2 is 1.33 bits per heavy atom. The zero-order chi connectivity index (χ0) is 31.7. The monoisotopic (exact) mass is 591 g/mol. The molecule has 0 aliphatic rings. The molecule has 0 aliphatic heterocycles. The van der Waals surface area contributed by atoms with E-state index in [4.69, 9.17) is 0 Å². The third-order valence-corrected chi connectivity index (χ3v) is 7.91. The lowest BCUT2D eigenvalue weighted by molar-refractivity contribution is 0.475. The van der Waals surface area contributed by atoms with Crippen LogP contribution in [0.3, 0.4) is 0 Å². The molecule has 0 saturated carbocycles. The van der Waals surface area contributed by atoms with Crippen molar-refractivity contribution in [1.29, 1.82) is 0 Å². The van der Waals surface area contributed by atoms with E-state index in [9.17, 15) is 10.2 Å². The molecule has 0 amide bonds. The maximum atomic E-state index is 10.8. The van der Waals surface area contributed by atoms with E-state index >= 15 is 0 Å². The maximum Gasteiger partial charge on any atom is 0.151 e. The number of phenols is 2. The fourth-order valence-electron chi connectivity index (χ4n) is 5.43. The van der Waals surface area contributed by atoms with Crippen molar-refractivity contribution in [3.63, 3.8) is 0 Å². The molecule has 0 aromatic heterocycles. The minimum absolute atomic E-state index is 0.0620. The standard InChI is InChI=1S/C38H33N5O2/c1-22-9-12-32-28(15-22)17-26(5)37(38(32)45)43-42-35-14-11-29(20-36(35)44)39-21-27-10-13-34(25(4)16-27)41-40-30-18-24(3)31-8-6-7-23(2)33(31)19-30/h6-21,44-45H,1-5H3. The number of rotatable bonds is 6. The molecule has 0 fully saturated rings. The summed E-state index contributed by atoms with van der Waals surface area (Å²) in [6.45, 7) is 10.1. The first kappa shape index (κ1) is 29.4. The molecule has 6 aromatic carbocycles. The molecule has 0 unspecified atom stereocenters. The van der Waals surface area contributed by atoms with Gasteiger partial charge < -0.3 is 10.2 Å². The van der Waals surface area contributed by atoms with Crippen molar-refractivity contribution in [3.8, 4) is 11.5 Å². The van der Waals surface area contributed by atoms with E-state index in [1.165, 1.54) is 28.0 Å². The Labute approximate surface area is 262 Å². The zero-order valence-corrected chi connectivity index (χ0v) is 25.9. The van der Waals surface area contributed by atoms with E-state index in [2.05, 4.69) is 69.6 Å². The summed E-state index contributed by atoms with van der Waals surface area (Å²) in [7, 11) is 0. The van der Waals surface area contributed by atoms with Crippen LogP contribution >= 0.6 is 0 Å². The first-order chi connectivity index (χ1) is 21.7. The molecule has 6 aromatic rings. The molecule has 2 N–H and O–H groups in total. The Bertz CT molecular complexity index is 2200. The number of azo groups is 2. The molecule has 222 valence electrons. The Morgan fingerprint density at radius 3 is 2.13 bits per heavy atom. The van der Waals surface area contributed by atoms with E-state index in [0.717, 1.165) is 39.0 Å². The molecule has 0 radical (unpaired) electrons. The van der Waals surface area contributed by atoms with Crippen molar-refractivity contribution >= 4 is 56.2 Å². The number of hydrogen-bond donors (Lipinski definition) is 2. The van der Waals surface area contributed by atoms with Gasteiger partial charge in [-0.25, -0.2) is 0 Å². The summed E-state index contributed by atoms with van der Waals surface area (Å²) >= 11 is 0. The maximum absolute atomic E-state index is 10.8. The van der Waals surface area contributed by atoms with Crippen LogP contribution in [-0.2, 0) is 0 Å². The second kappa shape index (κ2) is 12.1. The molecule has 0 spiro atoms. The quantitative estimate of drug-likeness (QED) is 0.149. The van der Waals surface area contributed by atoms with Gasteiger partial charge in [-0.15, -0.1) is 10.2 Å². The van der Waals surface area contributed by atoms with Gasteiger partial charge in [0.15, 0.2) is 5.75 Å². The lowest BCUT2D eigenvalue weighted by Gasteiger charge is -2.08. The molecule has 0 atom stereocenters. The first-order valence-corrected chi connectivity index (χ1v) is 14.7. The van der Waals surface area contributed by atoms with E-state index in [1.54, 1.807) is 18.3 Å². The van der Waals surface area contributed by atoms with Crippen LogP contribution in [0.4, 0.5) is 28.4 Å². The predicted octanol–water partition coefficient (Wildman–Crippen LogP) is 11.5. The highest BCUT2D eigenvalue weighted by molar-refractivity contribution is 5.94. The number of hydrogen-bond acceptors (Lipinski definition) is 7. The van der Waals surface area contributed by atoms with Crippen molar-refractivity contribution < 1.29 is 10.2 Å². The minimum atomic E-state index is -0.0620. The van der Waals surface area contributed by atoms with E-state index < -0.39 is 0 Å². The van der Waals surface area contributed by atoms with Crippen LogP contribution in [0.25, 0.3) is 21.5 Å². The SMILES string of the molecule is Cc1ccc2c(O)c(N=Nc3ccc(N=Cc4ccc(N=Nc5cc(C)c6cccc(C)c6c5)c(C)c4)cc3O)c(C)cc2c1. The third kappa shape index (κ3) is 6.19. The van der Waals surface area contributed by atoms with Gasteiger partial charge >= 0.3 is 0 Å². The van der Waals surface area contributed by atoms with Crippen molar-refractivity contribution in [2.24, 2.45) is 25.4 Å². The summed E-state index contributed by atoms with van der Waals surface area (Å²) in [5.74, 6) is 0.00382. The normalized spacial score (nSPS) is 12.0. The van der Waals surface area contributed by atoms with E-state index in [-0.39, 0.29) is 17.2 Å². The number of aryl methyl sites for hydroxylation is 5. The van der Waals surface area contributed by atoms with Crippen molar-refractivity contribution in [2.75, 3.05) is 0 Å². The van der Waals surface area contributed by atoms with Gasteiger partial charge in [-0.3, -0.25) is 4.99 Å². The zero-order valence-electron chi connectivity index (χ0n) is 25.9. The van der Waals surface area contributed by atoms with Crippen molar-refractivity contribution in [2.45, 2.75) is 34.6 Å². The Kier molecular flexibility index (Phi) is 7.92. The number of aromatic hydroxyl groups is 2. The molecule has 7 nitrogen and oxygen atoms in total. The molecule has 0 saturated heterocycles. The van der Waals surface area contributed by atoms with Gasteiger partial charge in [-0.2, -0.15) is 10.2 Å². The fourth-order valence-corrected chi connectivity index (χ4v) is 5.43. The Morgan fingerprint density at radius 1 is 0.533 bits per heavy atom. The van der Waals surface area contributed by atoms with E-state index in [1.807, 2.05) is 63.2 Å². The molecule has 0 aliphatic carbocycles. The first-order valence-electron chi connectivity index (χ1n) is 14.7. The minimum Gasteiger partial charge on any atom is -0.506 e. The molecule has 6 rings (SSSR count). The largest absolute Gasteiger partial charge is 0.506 e. The summed E-state index contributed by atoms with van der Waals surface area (Å²) in [5, 5.41) is 43.0. The summed E-state index contributed by atoms with van der Waals surface area (Å²) in [4.78, 5) is 4.53. The number of aliphatic imine (C=N–C) groups is 1. The summed E-state index contributed by atoms with van der Waals surface area (Å²) in [6, 6.07) is 29.0. The van der Waals surface area contributed by atoms with E-state index in [0.29, 0.717) is 16.8 Å². The molecule has 7 heteroatoms. The van der Waals surface area contributed by atoms with Crippen LogP contribution in [-0.4, -0.2) is 16.4 Å². The Balaban J connectivity index is 1.17. The van der Waals surface area contributed by atoms with Crippen LogP contribution < -0.4 is 0 Å². The van der Waals surface area contributed by atoms with Crippen LogP contribution in [0, 0.1) is 34.6 Å². The van der Waals surface area contributed by atoms with Gasteiger partial charge in [-0.1, -0.05) is 48.0 Å². The third-order valence-electron chi connectivity index (χ3n) is 7.91. The molecular formula is C38H33N5O2. The predicted molar refractivity (Wildman–Crippen MR) is 183 cm³/mol. The average molecular weight is 592 g/mol. The van der Waals surface area contributed by atoms with Crippen molar-refractivity contribution in [1.82, 2.24) is 0 Å². The van der Waals surface area contributed by atoms with Crippen LogP contribution in [0.1, 0.15) is 33.4 Å². The smallest absolute Gasteiger partial charge is 0.151 e. The second-order valence-corrected chi connectivity index (χ2v) is 11.4. The number of benzene rings is 6. The number of nitrogens with zero attached hydrogens (tertiary/aromatic N) is 5. The van der Waals surface area contributed by atoms with Gasteiger partial charge in [0.2, 0.25) is 0 Å². The van der Waals surface area contributed by atoms with Crippen LogP contribution in [0.2, 0.25) is 0 Å². The molecule has 45 heavy (non-hydrogen) atoms. The summed E-state index contributed by atoms with van der Waals surface area (Å²) in [5.41, 5.74) is 8.96.